The average Bonchev–Trinajstić information content (AvgIpc) is 2.73. The molecule has 2 rings (SSSR count). The van der Waals surface area contributed by atoms with Gasteiger partial charge in [-0.25, -0.2) is 4.79 Å². The monoisotopic (exact) mass is 232 g/mol. The van der Waals surface area contributed by atoms with E-state index in [1.165, 1.54) is 6.42 Å². The molecule has 0 bridgehead atoms. The number of rotatable bonds is 3. The van der Waals surface area contributed by atoms with Crippen molar-refractivity contribution < 1.29 is 9.90 Å². The molecule has 1 aromatic heterocycles. The van der Waals surface area contributed by atoms with Gasteiger partial charge in [0.15, 0.2) is 0 Å². The Balaban J connectivity index is 2.19. The zero-order valence-corrected chi connectivity index (χ0v) is 9.84. The first-order valence-electron chi connectivity index (χ1n) is 5.73. The van der Waals surface area contributed by atoms with Crippen molar-refractivity contribution in [3.63, 3.8) is 0 Å². The SMILES string of the molecule is CN1CCC[C@H]1c1cncc(C=CC(=O)O)c1. The highest BCUT2D eigenvalue weighted by molar-refractivity contribution is 5.85. The van der Waals surface area contributed by atoms with Gasteiger partial charge in [-0.3, -0.25) is 9.88 Å². The van der Waals surface area contributed by atoms with Crippen LogP contribution in [0.1, 0.15) is 30.0 Å². The molecule has 1 aliphatic heterocycles. The van der Waals surface area contributed by atoms with Gasteiger partial charge in [-0.2, -0.15) is 0 Å². The maximum absolute atomic E-state index is 10.5. The maximum Gasteiger partial charge on any atom is 0.328 e. The standard InChI is InChI=1S/C13H16N2O2/c1-15-6-2-3-12(15)11-7-10(8-14-9-11)4-5-13(16)17/h4-5,7-9,12H,2-3,6H2,1H3,(H,16,17)/t12-/m0/s1. The van der Waals surface area contributed by atoms with E-state index >= 15 is 0 Å². The van der Waals surface area contributed by atoms with Crippen LogP contribution in [-0.4, -0.2) is 34.6 Å². The first-order chi connectivity index (χ1) is 8.16. The number of pyridine rings is 1. The van der Waals surface area contributed by atoms with Crippen LogP contribution in [0.2, 0.25) is 0 Å². The minimum Gasteiger partial charge on any atom is -0.478 e. The topological polar surface area (TPSA) is 53.4 Å². The highest BCUT2D eigenvalue weighted by atomic mass is 16.4. The molecular weight excluding hydrogens is 216 g/mol. The Morgan fingerprint density at radius 2 is 2.41 bits per heavy atom. The van der Waals surface area contributed by atoms with Gasteiger partial charge in [0.25, 0.3) is 0 Å². The molecule has 1 aromatic rings. The summed E-state index contributed by atoms with van der Waals surface area (Å²) in [7, 11) is 2.11. The predicted molar refractivity (Wildman–Crippen MR) is 65.5 cm³/mol. The van der Waals surface area contributed by atoms with Gasteiger partial charge in [-0.15, -0.1) is 0 Å². The molecule has 0 aliphatic carbocycles. The van der Waals surface area contributed by atoms with E-state index < -0.39 is 5.97 Å². The molecule has 0 aromatic carbocycles. The lowest BCUT2D eigenvalue weighted by atomic mass is 10.1. The van der Waals surface area contributed by atoms with Crippen LogP contribution in [0.3, 0.4) is 0 Å². The van der Waals surface area contributed by atoms with Crippen LogP contribution >= 0.6 is 0 Å². The Bertz CT molecular complexity index is 443. The highest BCUT2D eigenvalue weighted by Gasteiger charge is 2.22. The van der Waals surface area contributed by atoms with Crippen LogP contribution < -0.4 is 0 Å². The molecule has 2 heterocycles. The van der Waals surface area contributed by atoms with Crippen LogP contribution in [0, 0.1) is 0 Å². The van der Waals surface area contributed by atoms with E-state index in [0.29, 0.717) is 6.04 Å². The Labute approximate surface area is 101 Å². The van der Waals surface area contributed by atoms with Gasteiger partial charge in [0.1, 0.15) is 0 Å². The molecule has 0 amide bonds. The summed E-state index contributed by atoms with van der Waals surface area (Å²) in [4.78, 5) is 16.9. The summed E-state index contributed by atoms with van der Waals surface area (Å²) in [6.07, 6.45) is 8.61. The van der Waals surface area contributed by atoms with Crippen molar-refractivity contribution in [3.05, 3.63) is 35.7 Å². The largest absolute Gasteiger partial charge is 0.478 e. The molecule has 1 saturated heterocycles. The summed E-state index contributed by atoms with van der Waals surface area (Å²) in [5.74, 6) is -0.937. The molecule has 1 aliphatic rings. The van der Waals surface area contributed by atoms with Gasteiger partial charge in [-0.05, 0) is 49.7 Å². The quantitative estimate of drug-likeness (QED) is 0.809. The molecule has 0 spiro atoms. The van der Waals surface area contributed by atoms with Crippen molar-refractivity contribution in [2.75, 3.05) is 13.6 Å². The number of nitrogens with zero attached hydrogens (tertiary/aromatic N) is 2. The Kier molecular flexibility index (Phi) is 3.54. The molecular formula is C13H16N2O2. The first kappa shape index (κ1) is 11.8. The fourth-order valence-corrected chi connectivity index (χ4v) is 2.25. The van der Waals surface area contributed by atoms with E-state index in [-0.39, 0.29) is 0 Å². The molecule has 0 saturated carbocycles. The van der Waals surface area contributed by atoms with E-state index in [9.17, 15) is 4.79 Å². The summed E-state index contributed by atoms with van der Waals surface area (Å²) in [6, 6.07) is 2.43. The molecule has 4 heteroatoms. The van der Waals surface area contributed by atoms with E-state index in [1.807, 2.05) is 12.3 Å². The van der Waals surface area contributed by atoms with Crippen molar-refractivity contribution in [2.45, 2.75) is 18.9 Å². The third-order valence-corrected chi connectivity index (χ3v) is 3.10. The average molecular weight is 232 g/mol. The smallest absolute Gasteiger partial charge is 0.328 e. The summed E-state index contributed by atoms with van der Waals surface area (Å²) in [5, 5.41) is 8.58. The van der Waals surface area contributed by atoms with E-state index in [1.54, 1.807) is 12.3 Å². The van der Waals surface area contributed by atoms with Gasteiger partial charge in [0.2, 0.25) is 0 Å². The summed E-state index contributed by atoms with van der Waals surface area (Å²) in [6.45, 7) is 1.11. The lowest BCUT2D eigenvalue weighted by Crippen LogP contribution is -2.17. The van der Waals surface area contributed by atoms with E-state index in [2.05, 4.69) is 16.9 Å². The minimum atomic E-state index is -0.937. The first-order valence-corrected chi connectivity index (χ1v) is 5.73. The van der Waals surface area contributed by atoms with Crippen molar-refractivity contribution in [1.29, 1.82) is 0 Å². The number of hydrogen-bond donors (Lipinski definition) is 1. The third-order valence-electron chi connectivity index (χ3n) is 3.10. The van der Waals surface area contributed by atoms with Crippen LogP contribution in [0.5, 0.6) is 0 Å². The number of hydrogen-bond acceptors (Lipinski definition) is 3. The van der Waals surface area contributed by atoms with Crippen LogP contribution in [-0.2, 0) is 4.79 Å². The lowest BCUT2D eigenvalue weighted by molar-refractivity contribution is -0.131. The number of carboxylic acid groups (broad SMARTS) is 1. The second kappa shape index (κ2) is 5.10. The van der Waals surface area contributed by atoms with Crippen LogP contribution in [0.15, 0.2) is 24.5 Å². The van der Waals surface area contributed by atoms with Crippen molar-refractivity contribution in [1.82, 2.24) is 9.88 Å². The Hall–Kier alpha value is -1.68. The maximum atomic E-state index is 10.5. The van der Waals surface area contributed by atoms with E-state index in [4.69, 9.17) is 5.11 Å². The van der Waals surface area contributed by atoms with Crippen molar-refractivity contribution >= 4 is 12.0 Å². The third kappa shape index (κ3) is 2.91. The molecule has 17 heavy (non-hydrogen) atoms. The van der Waals surface area contributed by atoms with Gasteiger partial charge in [0, 0.05) is 24.5 Å². The fourth-order valence-electron chi connectivity index (χ4n) is 2.25. The normalized spacial score (nSPS) is 21.1. The number of aromatic nitrogens is 1. The highest BCUT2D eigenvalue weighted by Crippen LogP contribution is 2.30. The fraction of sp³-hybridized carbons (Fsp3) is 0.385. The molecule has 90 valence electrons. The second-order valence-electron chi connectivity index (χ2n) is 4.36. The van der Waals surface area contributed by atoms with E-state index in [0.717, 1.165) is 30.2 Å². The molecule has 4 nitrogen and oxygen atoms in total. The molecule has 1 fully saturated rings. The molecule has 0 unspecified atom stereocenters. The summed E-state index contributed by atoms with van der Waals surface area (Å²) < 4.78 is 0. The number of aliphatic carboxylic acids is 1. The lowest BCUT2D eigenvalue weighted by Gasteiger charge is -2.19. The summed E-state index contributed by atoms with van der Waals surface area (Å²) in [5.41, 5.74) is 2.00. The second-order valence-corrected chi connectivity index (χ2v) is 4.36. The zero-order chi connectivity index (χ0) is 12.3. The predicted octanol–water partition coefficient (Wildman–Crippen LogP) is 1.95. The van der Waals surface area contributed by atoms with Crippen molar-refractivity contribution in [3.8, 4) is 0 Å². The summed E-state index contributed by atoms with van der Waals surface area (Å²) >= 11 is 0. The van der Waals surface area contributed by atoms with Gasteiger partial charge in [-0.1, -0.05) is 0 Å². The number of carbonyl (C=O) groups is 1. The Morgan fingerprint density at radius 1 is 1.59 bits per heavy atom. The van der Waals surface area contributed by atoms with Crippen molar-refractivity contribution in [2.24, 2.45) is 0 Å². The molecule has 1 atom stereocenters. The minimum absolute atomic E-state index is 0.417. The zero-order valence-electron chi connectivity index (χ0n) is 9.84. The van der Waals surface area contributed by atoms with Gasteiger partial charge < -0.3 is 5.11 Å². The molecule has 1 N–H and O–H groups in total. The van der Waals surface area contributed by atoms with Gasteiger partial charge >= 0.3 is 5.97 Å². The Morgan fingerprint density at radius 3 is 3.06 bits per heavy atom. The number of likely N-dealkylation sites (tertiary alicyclic amines) is 1. The number of carboxylic acids is 1. The van der Waals surface area contributed by atoms with Gasteiger partial charge in [0.05, 0.1) is 0 Å². The van der Waals surface area contributed by atoms with Crippen LogP contribution in [0.4, 0.5) is 0 Å². The van der Waals surface area contributed by atoms with Crippen LogP contribution in [0.25, 0.3) is 6.08 Å². The molecule has 0 radical (unpaired) electrons.